The summed E-state index contributed by atoms with van der Waals surface area (Å²) >= 11 is 1.15. The van der Waals surface area contributed by atoms with Crippen LogP contribution in [0.1, 0.15) is 56.1 Å². The summed E-state index contributed by atoms with van der Waals surface area (Å²) in [4.78, 5) is 26.4. The number of thiophene rings is 1. The Balaban J connectivity index is 1.37. The number of aromatic nitrogens is 4. The molecule has 12 nitrogen and oxygen atoms in total. The van der Waals surface area contributed by atoms with Gasteiger partial charge in [0, 0.05) is 42.5 Å². The molecule has 1 saturated carbocycles. The number of alkyl halides is 3. The number of aliphatic hydroxyl groups is 1. The van der Waals surface area contributed by atoms with Gasteiger partial charge < -0.3 is 19.7 Å². The van der Waals surface area contributed by atoms with Crippen molar-refractivity contribution in [3.05, 3.63) is 57.2 Å². The summed E-state index contributed by atoms with van der Waals surface area (Å²) < 4.78 is 77.5. The number of carbonyl (C=O) groups is 1. The highest BCUT2D eigenvalue weighted by Crippen LogP contribution is 2.38. The zero-order valence-electron chi connectivity index (χ0n) is 21.2. The van der Waals surface area contributed by atoms with Crippen molar-refractivity contribution in [1.29, 1.82) is 0 Å². The van der Waals surface area contributed by atoms with Gasteiger partial charge in [0.2, 0.25) is 5.78 Å². The maximum Gasteiger partial charge on any atom is 0.434 e. The molecule has 0 spiro atoms. The number of ether oxygens (including phenoxy) is 1. The predicted molar refractivity (Wildman–Crippen MR) is 135 cm³/mol. The second kappa shape index (κ2) is 10.8. The number of aryl methyl sites for hydroxylation is 1. The van der Waals surface area contributed by atoms with Crippen molar-refractivity contribution in [2.75, 3.05) is 19.0 Å². The Morgan fingerprint density at radius 2 is 2.10 bits per heavy atom. The third kappa shape index (κ3) is 5.75. The molecule has 4 heterocycles. The molecule has 2 aliphatic rings. The number of fused-ring (bicyclic) bond motifs is 1. The van der Waals surface area contributed by atoms with Crippen LogP contribution in [-0.4, -0.2) is 70.7 Å². The lowest BCUT2D eigenvalue weighted by atomic mass is 10.1. The van der Waals surface area contributed by atoms with Crippen LogP contribution in [0, 0.1) is 6.92 Å². The summed E-state index contributed by atoms with van der Waals surface area (Å²) in [7, 11) is -2.82. The minimum absolute atomic E-state index is 0.112. The number of nitrogens with zero attached hydrogens (tertiary/aromatic N) is 4. The standard InChI is InChI=1S/C23H25F3N6O6S2/c1-11-13(20-22-31-18(23(24,25)26)9-32(22)3-4-37-20)7-17(39-11)19(34)14-8-28-10-29-21(14)30-12-5-15(33)16(6-12)38-40(35,36)27-2/h7-10,12,15-16,20,27,33H,3-6H2,1-2H3,(H,28,29,30)/t12-,15+,16-,20-/m1/s1. The first-order valence-electron chi connectivity index (χ1n) is 12.1. The van der Waals surface area contributed by atoms with Gasteiger partial charge in [0.25, 0.3) is 0 Å². The number of ketones is 1. The predicted octanol–water partition coefficient (Wildman–Crippen LogP) is 2.20. The van der Waals surface area contributed by atoms with E-state index in [9.17, 15) is 31.5 Å². The number of hydrogen-bond acceptors (Lipinski definition) is 11. The fourth-order valence-electron chi connectivity index (χ4n) is 4.74. The van der Waals surface area contributed by atoms with Gasteiger partial charge in [-0.05, 0) is 25.8 Å². The lowest BCUT2D eigenvalue weighted by Crippen LogP contribution is -2.31. The van der Waals surface area contributed by atoms with E-state index in [2.05, 4.69) is 20.3 Å². The highest BCUT2D eigenvalue weighted by Gasteiger charge is 2.39. The second-order valence-corrected chi connectivity index (χ2v) is 12.1. The number of rotatable bonds is 8. The number of nitrogens with one attached hydrogen (secondary N) is 2. The van der Waals surface area contributed by atoms with Crippen molar-refractivity contribution in [3.63, 3.8) is 0 Å². The molecule has 40 heavy (non-hydrogen) atoms. The van der Waals surface area contributed by atoms with E-state index in [1.807, 2.05) is 4.72 Å². The van der Waals surface area contributed by atoms with Crippen molar-refractivity contribution >= 4 is 33.2 Å². The molecular formula is C23H25F3N6O6S2. The highest BCUT2D eigenvalue weighted by molar-refractivity contribution is 7.84. The molecule has 3 aromatic heterocycles. The van der Waals surface area contributed by atoms with E-state index >= 15 is 0 Å². The van der Waals surface area contributed by atoms with E-state index in [-0.39, 0.29) is 43.2 Å². The van der Waals surface area contributed by atoms with E-state index in [1.165, 1.54) is 24.1 Å². The van der Waals surface area contributed by atoms with Crippen molar-refractivity contribution in [2.45, 2.75) is 56.8 Å². The first kappa shape index (κ1) is 28.6. The normalized spacial score (nSPS) is 23.2. The van der Waals surface area contributed by atoms with E-state index in [1.54, 1.807) is 13.0 Å². The summed E-state index contributed by atoms with van der Waals surface area (Å²) in [5, 5.41) is 13.4. The number of carbonyl (C=O) groups excluding carboxylic acids is 1. The van der Waals surface area contributed by atoms with Crippen molar-refractivity contribution in [1.82, 2.24) is 24.2 Å². The first-order valence-corrected chi connectivity index (χ1v) is 14.4. The number of anilines is 1. The number of hydrogen-bond donors (Lipinski definition) is 3. The minimum Gasteiger partial charge on any atom is -0.390 e. The molecule has 3 aromatic rings. The van der Waals surface area contributed by atoms with Crippen LogP contribution >= 0.6 is 11.3 Å². The summed E-state index contributed by atoms with van der Waals surface area (Å²) in [6.45, 7) is 2.15. The molecule has 0 saturated heterocycles. The van der Waals surface area contributed by atoms with Crippen LogP contribution in [0.5, 0.6) is 0 Å². The van der Waals surface area contributed by atoms with Gasteiger partial charge in [-0.15, -0.1) is 11.3 Å². The Kier molecular flexibility index (Phi) is 7.71. The SMILES string of the molecule is CNS(=O)(=O)O[C@@H]1C[C@H](Nc2ncncc2C(=O)c2cc([C@H]3OCCn4cc(C(F)(F)F)nc43)c(C)s2)C[C@@H]1O. The molecule has 1 aliphatic heterocycles. The zero-order valence-corrected chi connectivity index (χ0v) is 22.8. The number of aliphatic hydroxyl groups excluding tert-OH is 1. The molecule has 0 amide bonds. The van der Waals surface area contributed by atoms with Gasteiger partial charge in [0.15, 0.2) is 5.69 Å². The summed E-state index contributed by atoms with van der Waals surface area (Å²) in [5.74, 6) is -0.136. The van der Waals surface area contributed by atoms with Crippen molar-refractivity contribution in [2.24, 2.45) is 0 Å². The smallest absolute Gasteiger partial charge is 0.390 e. The Labute approximate surface area is 230 Å². The molecule has 0 bridgehead atoms. The van der Waals surface area contributed by atoms with Gasteiger partial charge >= 0.3 is 16.5 Å². The molecular weight excluding hydrogens is 577 g/mol. The fourth-order valence-corrected chi connectivity index (χ4v) is 6.37. The van der Waals surface area contributed by atoms with E-state index in [0.29, 0.717) is 15.3 Å². The summed E-state index contributed by atoms with van der Waals surface area (Å²) in [5.41, 5.74) is -0.348. The largest absolute Gasteiger partial charge is 0.434 e. The maximum absolute atomic E-state index is 13.5. The first-order chi connectivity index (χ1) is 18.9. The zero-order chi connectivity index (χ0) is 28.8. The average molecular weight is 603 g/mol. The molecule has 3 N–H and O–H groups in total. The summed E-state index contributed by atoms with van der Waals surface area (Å²) in [6, 6.07) is 1.12. The Hall–Kier alpha value is -2.96. The van der Waals surface area contributed by atoms with Crippen LogP contribution < -0.4 is 10.0 Å². The number of imidazole rings is 1. The average Bonchev–Trinajstić information content (AvgIpc) is 3.60. The number of halogens is 3. The monoisotopic (exact) mass is 602 g/mol. The highest BCUT2D eigenvalue weighted by atomic mass is 32.2. The molecule has 5 rings (SSSR count). The molecule has 216 valence electrons. The van der Waals surface area contributed by atoms with Gasteiger partial charge in [0.05, 0.1) is 23.2 Å². The van der Waals surface area contributed by atoms with Gasteiger partial charge in [-0.2, -0.15) is 26.3 Å². The van der Waals surface area contributed by atoms with E-state index < -0.39 is 52.3 Å². The molecule has 1 aliphatic carbocycles. The molecule has 0 aromatic carbocycles. The van der Waals surface area contributed by atoms with Crippen LogP contribution in [0.25, 0.3) is 0 Å². The van der Waals surface area contributed by atoms with Gasteiger partial charge in [0.1, 0.15) is 30.2 Å². The molecule has 4 atom stereocenters. The third-order valence-electron chi connectivity index (χ3n) is 6.68. The molecule has 0 radical (unpaired) electrons. The fraction of sp³-hybridized carbons (Fsp3) is 0.478. The van der Waals surface area contributed by atoms with E-state index in [4.69, 9.17) is 8.92 Å². The Morgan fingerprint density at radius 3 is 2.83 bits per heavy atom. The topological polar surface area (TPSA) is 158 Å². The quantitative estimate of drug-likeness (QED) is 0.327. The lowest BCUT2D eigenvalue weighted by Gasteiger charge is -2.24. The minimum atomic E-state index is -4.60. The van der Waals surface area contributed by atoms with Crippen LogP contribution in [0.3, 0.4) is 0 Å². The third-order valence-corrected chi connectivity index (χ3v) is 8.75. The van der Waals surface area contributed by atoms with Crippen LogP contribution in [0.4, 0.5) is 19.0 Å². The van der Waals surface area contributed by atoms with E-state index in [0.717, 1.165) is 17.5 Å². The maximum atomic E-state index is 13.5. The molecule has 17 heteroatoms. The van der Waals surface area contributed by atoms with Crippen LogP contribution in [0.15, 0.2) is 24.8 Å². The second-order valence-electron chi connectivity index (χ2n) is 9.34. The van der Waals surface area contributed by atoms with Crippen molar-refractivity contribution < 1.29 is 40.4 Å². The Morgan fingerprint density at radius 1 is 1.32 bits per heavy atom. The van der Waals surface area contributed by atoms with Gasteiger partial charge in [-0.25, -0.2) is 15.0 Å². The Bertz CT molecular complexity index is 1530. The van der Waals surface area contributed by atoms with Gasteiger partial charge in [-0.3, -0.25) is 8.98 Å². The molecule has 1 fully saturated rings. The van der Waals surface area contributed by atoms with Crippen LogP contribution in [-0.2, 0) is 31.9 Å². The van der Waals surface area contributed by atoms with Gasteiger partial charge in [-0.1, -0.05) is 0 Å². The van der Waals surface area contributed by atoms with Crippen LogP contribution in [0.2, 0.25) is 0 Å². The van der Waals surface area contributed by atoms with Crippen molar-refractivity contribution in [3.8, 4) is 0 Å². The lowest BCUT2D eigenvalue weighted by molar-refractivity contribution is -0.141. The summed E-state index contributed by atoms with van der Waals surface area (Å²) in [6.07, 6.45) is -3.72. The molecule has 0 unspecified atom stereocenters.